The molecule has 0 aromatic rings. The monoisotopic (exact) mass is 580 g/mol. The molecule has 0 amide bonds. The smallest absolute Gasteiger partial charge is 0.393 e. The Morgan fingerprint density at radius 3 is 2.16 bits per heavy atom. The van der Waals surface area contributed by atoms with Gasteiger partial charge >= 0.3 is 20.8 Å². The van der Waals surface area contributed by atoms with E-state index in [1.165, 1.54) is 0 Å². The van der Waals surface area contributed by atoms with Crippen molar-refractivity contribution in [3.05, 3.63) is 12.2 Å². The van der Waals surface area contributed by atoms with E-state index in [0.29, 0.717) is 25.2 Å². The van der Waals surface area contributed by atoms with Crippen LogP contribution in [0, 0.1) is 52.3 Å². The molecule has 10 nitrogen and oxygen atoms in total. The molecule has 0 radical (unpaired) electrons. The first-order valence-electron chi connectivity index (χ1n) is 13.8. The average Bonchev–Trinajstić information content (AvgIpc) is 3.10. The standard InChI is InChI=1S/C26H44O10S2/c1-15(2)5-6-16(14-35-37(29,30)31)18-9-10-19-17-7-8-20-24(28)22(36-38(32,33)34)11-12-25(20,3)23(17)21(27)13-26(18,19)4/h5-6,15-24,27-28H,7-14H2,1-4H3,(H,29,30,31)(H,32,33,34)/b6-5+/t16-,17?,18+,19?,20+,21?,22+,23?,24-,25-,26+/m0/s1. The summed E-state index contributed by atoms with van der Waals surface area (Å²) in [5.74, 6) is 0.260. The highest BCUT2D eigenvalue weighted by Crippen LogP contribution is 2.68. The highest BCUT2D eigenvalue weighted by molar-refractivity contribution is 7.81. The minimum atomic E-state index is -4.69. The van der Waals surface area contributed by atoms with Crippen molar-refractivity contribution in [3.63, 3.8) is 0 Å². The third-order valence-corrected chi connectivity index (χ3v) is 11.5. The molecule has 0 aliphatic heterocycles. The number of fused-ring (bicyclic) bond motifs is 5. The van der Waals surface area contributed by atoms with E-state index in [0.717, 1.165) is 19.3 Å². The van der Waals surface area contributed by atoms with Crippen molar-refractivity contribution >= 4 is 20.8 Å². The second kappa shape index (κ2) is 10.7. The Balaban J connectivity index is 1.59. The van der Waals surface area contributed by atoms with Crippen LogP contribution in [0.3, 0.4) is 0 Å². The quantitative estimate of drug-likeness (QED) is 0.247. The van der Waals surface area contributed by atoms with E-state index in [2.05, 4.69) is 13.8 Å². The molecular formula is C26H44O10S2. The van der Waals surface area contributed by atoms with E-state index in [9.17, 15) is 31.6 Å². The van der Waals surface area contributed by atoms with Gasteiger partial charge in [0, 0.05) is 5.92 Å². The van der Waals surface area contributed by atoms with E-state index in [1.54, 1.807) is 0 Å². The zero-order valence-corrected chi connectivity index (χ0v) is 24.3. The summed E-state index contributed by atoms with van der Waals surface area (Å²) in [6, 6.07) is 0. The van der Waals surface area contributed by atoms with Crippen molar-refractivity contribution in [2.24, 2.45) is 52.3 Å². The maximum absolute atomic E-state index is 11.7. The molecule has 4 saturated carbocycles. The molecule has 0 bridgehead atoms. The topological polar surface area (TPSA) is 168 Å². The number of hydrogen-bond donors (Lipinski definition) is 4. The van der Waals surface area contributed by atoms with Crippen LogP contribution in [0.15, 0.2) is 12.2 Å². The molecule has 0 saturated heterocycles. The van der Waals surface area contributed by atoms with Gasteiger partial charge in [-0.3, -0.25) is 9.11 Å². The Kier molecular flexibility index (Phi) is 8.52. The third-order valence-electron chi connectivity index (χ3n) is 10.6. The molecule has 220 valence electrons. The molecule has 11 atom stereocenters. The van der Waals surface area contributed by atoms with Gasteiger partial charge in [0.25, 0.3) is 0 Å². The Hall–Kier alpha value is -0.600. The van der Waals surface area contributed by atoms with Gasteiger partial charge in [-0.1, -0.05) is 39.8 Å². The Morgan fingerprint density at radius 2 is 1.55 bits per heavy atom. The minimum Gasteiger partial charge on any atom is -0.393 e. The van der Waals surface area contributed by atoms with Crippen molar-refractivity contribution in [2.75, 3.05) is 6.61 Å². The van der Waals surface area contributed by atoms with Gasteiger partial charge in [0.05, 0.1) is 18.8 Å². The minimum absolute atomic E-state index is 0.0647. The van der Waals surface area contributed by atoms with Crippen LogP contribution in [0.5, 0.6) is 0 Å². The predicted molar refractivity (Wildman–Crippen MR) is 139 cm³/mol. The highest BCUT2D eigenvalue weighted by Gasteiger charge is 2.65. The number of aliphatic hydroxyl groups is 2. The molecule has 4 aliphatic carbocycles. The van der Waals surface area contributed by atoms with Crippen LogP contribution in [-0.2, 0) is 29.2 Å². The molecule has 4 N–H and O–H groups in total. The van der Waals surface area contributed by atoms with E-state index >= 15 is 0 Å². The maximum atomic E-state index is 11.7. The molecule has 0 spiro atoms. The van der Waals surface area contributed by atoms with Crippen molar-refractivity contribution in [2.45, 2.75) is 91.0 Å². The fourth-order valence-electron chi connectivity index (χ4n) is 9.27. The fourth-order valence-corrected chi connectivity index (χ4v) is 10.1. The predicted octanol–water partition coefficient (Wildman–Crippen LogP) is 3.42. The molecule has 4 fully saturated rings. The van der Waals surface area contributed by atoms with Crippen molar-refractivity contribution < 1.29 is 44.5 Å². The summed E-state index contributed by atoms with van der Waals surface area (Å²) in [5.41, 5.74) is -0.673. The van der Waals surface area contributed by atoms with E-state index < -0.39 is 44.5 Å². The molecular weight excluding hydrogens is 536 g/mol. The Bertz CT molecular complexity index is 1110. The van der Waals surface area contributed by atoms with Gasteiger partial charge in [0.15, 0.2) is 0 Å². The number of allylic oxidation sites excluding steroid dienone is 1. The van der Waals surface area contributed by atoms with Gasteiger partial charge in [0.1, 0.15) is 6.10 Å². The summed E-state index contributed by atoms with van der Waals surface area (Å²) in [7, 11) is -9.26. The molecule has 0 aromatic heterocycles. The summed E-state index contributed by atoms with van der Waals surface area (Å²) >= 11 is 0. The van der Waals surface area contributed by atoms with E-state index in [1.807, 2.05) is 26.0 Å². The normalized spacial score (nSPS) is 44.6. The van der Waals surface area contributed by atoms with Gasteiger partial charge in [-0.15, -0.1) is 0 Å². The van der Waals surface area contributed by atoms with Crippen LogP contribution in [0.25, 0.3) is 0 Å². The lowest BCUT2D eigenvalue weighted by atomic mass is 9.43. The number of rotatable bonds is 8. The zero-order valence-electron chi connectivity index (χ0n) is 22.6. The van der Waals surface area contributed by atoms with Crippen LogP contribution >= 0.6 is 0 Å². The van der Waals surface area contributed by atoms with Gasteiger partial charge in [0.2, 0.25) is 0 Å². The molecule has 4 unspecified atom stereocenters. The SMILES string of the molecule is CC(C)/C=C/[C@@H](COS(=O)(=O)O)[C@H]1CCC2C3CC[C@@H]4[C@H](O)[C@H](OS(=O)(=O)O)CC[C@]4(C)C3C(O)C[C@@]21C. The summed E-state index contributed by atoms with van der Waals surface area (Å²) in [6.45, 7) is 8.20. The molecule has 0 aromatic carbocycles. The van der Waals surface area contributed by atoms with Crippen molar-refractivity contribution in [1.29, 1.82) is 0 Å². The first-order chi connectivity index (χ1) is 17.5. The summed E-state index contributed by atoms with van der Waals surface area (Å²) in [6.07, 6.45) is 5.92. The fraction of sp³-hybridized carbons (Fsp3) is 0.923. The van der Waals surface area contributed by atoms with Crippen molar-refractivity contribution in [3.8, 4) is 0 Å². The lowest BCUT2D eigenvalue weighted by Crippen LogP contribution is -2.62. The van der Waals surface area contributed by atoms with E-state index in [-0.39, 0.29) is 54.0 Å². The number of aliphatic hydroxyl groups excluding tert-OH is 2. The molecule has 12 heteroatoms. The second-order valence-electron chi connectivity index (χ2n) is 13.0. The summed E-state index contributed by atoms with van der Waals surface area (Å²) in [4.78, 5) is 0. The first-order valence-corrected chi connectivity index (χ1v) is 16.5. The van der Waals surface area contributed by atoms with E-state index in [4.69, 9.17) is 12.9 Å². The molecule has 38 heavy (non-hydrogen) atoms. The molecule has 4 rings (SSSR count). The summed E-state index contributed by atoms with van der Waals surface area (Å²) < 4.78 is 73.4. The summed E-state index contributed by atoms with van der Waals surface area (Å²) in [5, 5.41) is 22.8. The van der Waals surface area contributed by atoms with Crippen LogP contribution in [0.2, 0.25) is 0 Å². The van der Waals surface area contributed by atoms with Crippen molar-refractivity contribution in [1.82, 2.24) is 0 Å². The van der Waals surface area contributed by atoms with Gasteiger partial charge in [-0.25, -0.2) is 8.37 Å². The van der Waals surface area contributed by atoms with Crippen LogP contribution in [0.4, 0.5) is 0 Å². The lowest BCUT2D eigenvalue weighted by molar-refractivity contribution is -0.204. The highest BCUT2D eigenvalue weighted by atomic mass is 32.3. The van der Waals surface area contributed by atoms with Crippen LogP contribution < -0.4 is 0 Å². The average molecular weight is 581 g/mol. The lowest BCUT2D eigenvalue weighted by Gasteiger charge is -2.63. The van der Waals surface area contributed by atoms with Gasteiger partial charge in [-0.05, 0) is 91.3 Å². The van der Waals surface area contributed by atoms with Gasteiger partial charge < -0.3 is 10.2 Å². The molecule has 4 aliphatic rings. The maximum Gasteiger partial charge on any atom is 0.397 e. The zero-order chi connectivity index (χ0) is 28.3. The molecule has 0 heterocycles. The number of hydrogen-bond acceptors (Lipinski definition) is 8. The van der Waals surface area contributed by atoms with Crippen LogP contribution in [-0.4, -0.2) is 61.1 Å². The first kappa shape index (κ1) is 30.4. The van der Waals surface area contributed by atoms with Crippen LogP contribution in [0.1, 0.15) is 72.6 Å². The Labute approximate surface area is 227 Å². The third kappa shape index (κ3) is 5.88. The second-order valence-corrected chi connectivity index (χ2v) is 15.2. The van der Waals surface area contributed by atoms with Gasteiger partial charge in [-0.2, -0.15) is 16.8 Å². The largest absolute Gasteiger partial charge is 0.397 e. The Morgan fingerprint density at radius 1 is 0.895 bits per heavy atom.